The Morgan fingerprint density at radius 3 is 1.67 bits per heavy atom. The van der Waals surface area contributed by atoms with Crippen molar-refractivity contribution in [3.63, 3.8) is 0 Å². The minimum atomic E-state index is 0. The fraction of sp³-hybridized carbons (Fsp3) is 0.756. The zero-order chi connectivity index (χ0) is 34.4. The van der Waals surface area contributed by atoms with E-state index in [-0.39, 0.29) is 11.7 Å². The summed E-state index contributed by atoms with van der Waals surface area (Å²) < 4.78 is 0. The SMILES string of the molecule is C.CC.CC(C)C(c1ccccc1)C1CCCCN1.CC(C1CCCCC1)C1CCCCN1.CCCC(c1ccccn1)C1CCCCN1.[HH].[HH].[HH]. The molecule has 4 heteroatoms. The van der Waals surface area contributed by atoms with E-state index in [4.69, 9.17) is 0 Å². The van der Waals surface area contributed by atoms with Crippen LogP contribution in [-0.2, 0) is 0 Å². The molecule has 3 aliphatic heterocycles. The fourth-order valence-electron chi connectivity index (χ4n) is 8.94. The Balaban J connectivity index is 0. The van der Waals surface area contributed by atoms with Gasteiger partial charge in [-0.15, -0.1) is 0 Å². The van der Waals surface area contributed by atoms with Crippen molar-refractivity contribution in [2.24, 2.45) is 17.8 Å². The number of nitrogens with zero attached hydrogens (tertiary/aromatic N) is 1. The number of piperidine rings is 3. The number of hydrogen-bond donors (Lipinski definition) is 3. The summed E-state index contributed by atoms with van der Waals surface area (Å²) in [4.78, 5) is 4.53. The van der Waals surface area contributed by atoms with Gasteiger partial charge in [-0.3, -0.25) is 4.98 Å². The van der Waals surface area contributed by atoms with Crippen LogP contribution in [0.1, 0.15) is 179 Å². The van der Waals surface area contributed by atoms with Crippen LogP contribution in [0, 0.1) is 17.8 Å². The molecule has 1 aromatic carbocycles. The van der Waals surface area contributed by atoms with Crippen LogP contribution in [0.15, 0.2) is 54.7 Å². The zero-order valence-corrected chi connectivity index (χ0v) is 32.2. The van der Waals surface area contributed by atoms with Crippen molar-refractivity contribution < 1.29 is 4.28 Å². The van der Waals surface area contributed by atoms with Crippen molar-refractivity contribution in [3.8, 4) is 0 Å². The Labute approximate surface area is 309 Å². The first-order chi connectivity index (χ1) is 23.6. The van der Waals surface area contributed by atoms with Crippen LogP contribution in [0.3, 0.4) is 0 Å². The van der Waals surface area contributed by atoms with E-state index in [1.165, 1.54) is 134 Å². The van der Waals surface area contributed by atoms with Gasteiger partial charge >= 0.3 is 0 Å². The van der Waals surface area contributed by atoms with Crippen LogP contribution < -0.4 is 16.0 Å². The predicted octanol–water partition coefficient (Wildman–Crippen LogP) is 12.4. The molecule has 6 atom stereocenters. The first kappa shape index (κ1) is 43.4. The summed E-state index contributed by atoms with van der Waals surface area (Å²) in [7, 11) is 0. The first-order valence-electron chi connectivity index (χ1n) is 20.7. The van der Waals surface area contributed by atoms with Gasteiger partial charge in [-0.2, -0.15) is 0 Å². The lowest BCUT2D eigenvalue weighted by atomic mass is 9.76. The van der Waals surface area contributed by atoms with Crippen molar-refractivity contribution in [3.05, 3.63) is 66.0 Å². The third-order valence-electron chi connectivity index (χ3n) is 11.6. The Bertz CT molecular complexity index is 1000. The topological polar surface area (TPSA) is 49.0 Å². The molecule has 286 valence electrons. The van der Waals surface area contributed by atoms with Gasteiger partial charge < -0.3 is 16.0 Å². The average molecular weight is 683 g/mol. The van der Waals surface area contributed by atoms with Crippen LogP contribution in [-0.4, -0.2) is 42.7 Å². The van der Waals surface area contributed by atoms with Gasteiger partial charge in [-0.1, -0.05) is 143 Å². The van der Waals surface area contributed by atoms with Crippen LogP contribution in [0.5, 0.6) is 0 Å². The first-order valence-corrected chi connectivity index (χ1v) is 20.7. The molecule has 4 aliphatic rings. The molecule has 6 rings (SSSR count). The van der Waals surface area contributed by atoms with Crippen molar-refractivity contribution >= 4 is 0 Å². The molecule has 4 nitrogen and oxygen atoms in total. The second-order valence-corrected chi connectivity index (χ2v) is 15.3. The molecule has 0 radical (unpaired) electrons. The fourth-order valence-corrected chi connectivity index (χ4v) is 8.94. The monoisotopic (exact) mass is 683 g/mol. The summed E-state index contributed by atoms with van der Waals surface area (Å²) in [6, 6.07) is 19.4. The molecule has 6 unspecified atom stereocenters. The molecule has 0 bridgehead atoms. The zero-order valence-electron chi connectivity index (χ0n) is 32.2. The highest BCUT2D eigenvalue weighted by atomic mass is 14.9. The number of nitrogens with one attached hydrogen (secondary N) is 3. The van der Waals surface area contributed by atoms with E-state index < -0.39 is 0 Å². The summed E-state index contributed by atoms with van der Waals surface area (Å²) >= 11 is 0. The van der Waals surface area contributed by atoms with Crippen LogP contribution in [0.2, 0.25) is 0 Å². The van der Waals surface area contributed by atoms with E-state index in [0.717, 1.165) is 17.9 Å². The molecule has 1 aliphatic carbocycles. The maximum atomic E-state index is 4.53. The average Bonchev–Trinajstić information content (AvgIpc) is 3.17. The Hall–Kier alpha value is -1.75. The summed E-state index contributed by atoms with van der Waals surface area (Å²) in [5.41, 5.74) is 2.76. The minimum Gasteiger partial charge on any atom is -0.314 e. The summed E-state index contributed by atoms with van der Waals surface area (Å²) in [5.74, 6) is 3.93. The molecule has 49 heavy (non-hydrogen) atoms. The quantitative estimate of drug-likeness (QED) is 0.246. The number of benzene rings is 1. The van der Waals surface area contributed by atoms with E-state index >= 15 is 0 Å². The standard InChI is InChI=1S/C15H23N.C14H22N2.C13H25N.C2H6.CH4.3H2/c1-12(2)15(13-8-4-3-5-9-13)14-10-6-7-11-16-14;1-2-7-12(13-8-3-5-10-15-13)14-9-4-6-11-16-14;1-11(12-7-3-2-4-8-12)13-9-5-6-10-14-13;1-2;;;;/h3-5,8-9,12,14-16H,6-7,10-11H2,1-2H3;3,5,8,10,12,14,16H,2,4,6-7,9,11H2,1H3;11-14H,2-10H2,1H3;1-2H3;1H4;3*1H. The van der Waals surface area contributed by atoms with E-state index in [2.05, 4.69) is 91.1 Å². The maximum Gasteiger partial charge on any atom is 0.0450 e. The molecule has 2 aromatic rings. The number of aromatic nitrogens is 1. The Kier molecular flexibility index (Phi) is 23.1. The molecule has 4 fully saturated rings. The van der Waals surface area contributed by atoms with Gasteiger partial charge in [0.2, 0.25) is 0 Å². The van der Waals surface area contributed by atoms with Crippen LogP contribution >= 0.6 is 0 Å². The van der Waals surface area contributed by atoms with Crippen LogP contribution in [0.4, 0.5) is 0 Å². The molecule has 0 amide bonds. The minimum absolute atomic E-state index is 0. The van der Waals surface area contributed by atoms with Crippen molar-refractivity contribution in [2.45, 2.75) is 182 Å². The van der Waals surface area contributed by atoms with Gasteiger partial charge in [0.25, 0.3) is 0 Å². The molecule has 1 aromatic heterocycles. The Morgan fingerprint density at radius 1 is 0.653 bits per heavy atom. The van der Waals surface area contributed by atoms with Gasteiger partial charge in [0.1, 0.15) is 0 Å². The third-order valence-corrected chi connectivity index (χ3v) is 11.6. The highest BCUT2D eigenvalue weighted by molar-refractivity contribution is 5.22. The Morgan fingerprint density at radius 2 is 1.18 bits per heavy atom. The number of pyridine rings is 1. The molecular formula is C45H86N4. The van der Waals surface area contributed by atoms with Crippen molar-refractivity contribution in [1.29, 1.82) is 0 Å². The second kappa shape index (κ2) is 26.1. The lowest BCUT2D eigenvalue weighted by molar-refractivity contribution is 0.190. The predicted molar refractivity (Wildman–Crippen MR) is 223 cm³/mol. The smallest absolute Gasteiger partial charge is 0.0450 e. The lowest BCUT2D eigenvalue weighted by Gasteiger charge is -2.36. The number of rotatable bonds is 9. The van der Waals surface area contributed by atoms with Gasteiger partial charge in [-0.05, 0) is 100 Å². The van der Waals surface area contributed by atoms with Gasteiger partial charge in [-0.25, -0.2) is 0 Å². The second-order valence-electron chi connectivity index (χ2n) is 15.3. The molecule has 3 N–H and O–H groups in total. The maximum absolute atomic E-state index is 4.53. The van der Waals surface area contributed by atoms with Gasteiger partial charge in [0.05, 0.1) is 0 Å². The van der Waals surface area contributed by atoms with E-state index in [0.29, 0.717) is 29.8 Å². The molecule has 4 heterocycles. The summed E-state index contributed by atoms with van der Waals surface area (Å²) in [6.07, 6.45) is 24.2. The van der Waals surface area contributed by atoms with Crippen molar-refractivity contribution in [2.75, 3.05) is 19.6 Å². The highest BCUT2D eigenvalue weighted by Gasteiger charge is 2.29. The molecule has 3 saturated heterocycles. The number of hydrogen-bond acceptors (Lipinski definition) is 4. The highest BCUT2D eigenvalue weighted by Crippen LogP contribution is 2.34. The van der Waals surface area contributed by atoms with Gasteiger partial charge in [0, 0.05) is 46.1 Å². The van der Waals surface area contributed by atoms with Crippen molar-refractivity contribution in [1.82, 2.24) is 20.9 Å². The van der Waals surface area contributed by atoms with E-state index in [1.807, 2.05) is 26.1 Å². The third kappa shape index (κ3) is 15.2. The lowest BCUT2D eigenvalue weighted by Crippen LogP contribution is -2.42. The molecule has 1 saturated carbocycles. The summed E-state index contributed by atoms with van der Waals surface area (Å²) in [5, 5.41) is 11.1. The largest absolute Gasteiger partial charge is 0.314 e. The molecule has 0 spiro atoms. The summed E-state index contributed by atoms with van der Waals surface area (Å²) in [6.45, 7) is 17.1. The normalized spacial score (nSPS) is 24.6. The van der Waals surface area contributed by atoms with E-state index in [1.54, 1.807) is 0 Å². The van der Waals surface area contributed by atoms with Crippen LogP contribution in [0.25, 0.3) is 0 Å². The van der Waals surface area contributed by atoms with E-state index in [9.17, 15) is 0 Å². The van der Waals surface area contributed by atoms with Gasteiger partial charge in [0.15, 0.2) is 0 Å². The molecular weight excluding hydrogens is 597 g/mol.